The summed E-state index contributed by atoms with van der Waals surface area (Å²) in [7, 11) is 0. The van der Waals surface area contributed by atoms with Crippen LogP contribution in [-0.4, -0.2) is 17.4 Å². The molecule has 0 heterocycles. The summed E-state index contributed by atoms with van der Waals surface area (Å²) in [6.45, 7) is 0. The molecule has 0 unspecified atom stereocenters. The van der Waals surface area contributed by atoms with Crippen LogP contribution in [0.2, 0.25) is 0 Å². The Bertz CT molecular complexity index is 8.00. The van der Waals surface area contributed by atoms with Gasteiger partial charge in [0.05, 0.1) is 0 Å². The summed E-state index contributed by atoms with van der Waals surface area (Å²) in [4.78, 5) is 0. The third-order valence-electron chi connectivity index (χ3n) is 0. The fraction of sp³-hybridized carbons (Fsp3) is 0. The van der Waals surface area contributed by atoms with Crippen LogP contribution in [0.1, 0.15) is 0 Å². The second-order valence-electron chi connectivity index (χ2n) is 0. The molecule has 0 saturated heterocycles. The molecule has 0 bridgehead atoms. The smallest absolute Gasteiger partial charge is 0 e. The van der Waals surface area contributed by atoms with Gasteiger partial charge in [0.1, 0.15) is 0 Å². The average molecular weight is 285 g/mol. The number of hydrogen-bond donors (Lipinski definition) is 0. The first kappa shape index (κ1) is 28.4. The molecule has 4 heavy (non-hydrogen) atoms. The predicted octanol–water partition coefficient (Wildman–Crippen LogP) is -1.19. The van der Waals surface area contributed by atoms with Gasteiger partial charge in [-0.25, -0.2) is 0 Å². The Morgan fingerprint density at radius 1 is 1.00 bits per heavy atom. The Morgan fingerprint density at radius 3 is 1.00 bits per heavy atom. The van der Waals surface area contributed by atoms with Crippen molar-refractivity contribution in [3.05, 3.63) is 0 Å². The molecule has 0 aliphatic heterocycles. The molecule has 0 aromatic heterocycles. The molecule has 0 N–H and O–H groups in total. The first-order valence-corrected chi connectivity index (χ1v) is 0. The zero-order valence-electron chi connectivity index (χ0n) is 1.19. The molecule has 27 valence electrons. The Hall–Kier alpha value is 2.94. The van der Waals surface area contributed by atoms with Crippen molar-refractivity contribution in [1.82, 2.24) is 0 Å². The van der Waals surface area contributed by atoms with Gasteiger partial charge in [-0.15, -0.1) is 0 Å². The molecule has 1 radical (unpaired) electrons. The fourth-order valence-electron chi connectivity index (χ4n) is 0. The van der Waals surface area contributed by atoms with Crippen LogP contribution < -0.4 is 0 Å². The van der Waals surface area contributed by atoms with Crippen molar-refractivity contribution in [3.8, 4) is 0 Å². The summed E-state index contributed by atoms with van der Waals surface area (Å²) in [6.07, 6.45) is 0. The molecule has 0 saturated carbocycles. The van der Waals surface area contributed by atoms with Crippen molar-refractivity contribution in [3.63, 3.8) is 0 Å². The zero-order chi connectivity index (χ0) is 0. The molecule has 0 aromatic rings. The third-order valence-corrected chi connectivity index (χ3v) is 0. The normalized spacial score (nSPS) is 0. The van der Waals surface area contributed by atoms with Gasteiger partial charge in [0, 0.05) is 75.6 Å². The second kappa shape index (κ2) is 16.8. The summed E-state index contributed by atoms with van der Waals surface area (Å²) >= 11 is 0. The molecular formula is H3AlCeCoFe. The Balaban J connectivity index is 0. The van der Waals surface area contributed by atoms with Gasteiger partial charge in [0.15, 0.2) is 17.4 Å². The van der Waals surface area contributed by atoms with Gasteiger partial charge in [0.25, 0.3) is 0 Å². The topological polar surface area (TPSA) is 0 Å². The van der Waals surface area contributed by atoms with Crippen molar-refractivity contribution in [2.75, 3.05) is 0 Å². The van der Waals surface area contributed by atoms with E-state index in [0.717, 1.165) is 0 Å². The van der Waals surface area contributed by atoms with E-state index in [1.165, 1.54) is 0 Å². The third kappa shape index (κ3) is 8.87. The van der Waals surface area contributed by atoms with Crippen LogP contribution >= 0.6 is 0 Å². The molecule has 4 heteroatoms. The molecule has 0 fully saturated rings. The Morgan fingerprint density at radius 2 is 1.00 bits per heavy atom. The van der Waals surface area contributed by atoms with Crippen molar-refractivity contribution < 1.29 is 75.6 Å². The van der Waals surface area contributed by atoms with Crippen LogP contribution in [0.3, 0.4) is 0 Å². The van der Waals surface area contributed by atoms with Gasteiger partial charge in [-0.1, -0.05) is 0 Å². The van der Waals surface area contributed by atoms with E-state index in [-0.39, 0.29) is 93.0 Å². The van der Waals surface area contributed by atoms with Crippen LogP contribution in [0.4, 0.5) is 0 Å². The molecular weight excluding hydrogens is 282 g/mol. The minimum absolute atomic E-state index is 0. The van der Waals surface area contributed by atoms with E-state index in [9.17, 15) is 0 Å². The van der Waals surface area contributed by atoms with Crippen LogP contribution in [0.5, 0.6) is 0 Å². The molecule has 0 nitrogen and oxygen atoms in total. The molecule has 0 aromatic carbocycles. The maximum atomic E-state index is 0. The maximum Gasteiger partial charge on any atom is 0.187 e. The van der Waals surface area contributed by atoms with Crippen LogP contribution in [0, 0.1) is 41.7 Å². The van der Waals surface area contributed by atoms with E-state index in [1.54, 1.807) is 0 Å². The van der Waals surface area contributed by atoms with E-state index in [4.69, 9.17) is 0 Å². The van der Waals surface area contributed by atoms with Crippen LogP contribution in [0.25, 0.3) is 0 Å². The van der Waals surface area contributed by atoms with Crippen molar-refractivity contribution in [2.24, 2.45) is 0 Å². The van der Waals surface area contributed by atoms with Crippen LogP contribution in [0.15, 0.2) is 0 Å². The van der Waals surface area contributed by atoms with E-state index < -0.39 is 0 Å². The van der Waals surface area contributed by atoms with Crippen molar-refractivity contribution in [2.45, 2.75) is 0 Å². The fourth-order valence-corrected chi connectivity index (χ4v) is 0. The summed E-state index contributed by atoms with van der Waals surface area (Å²) < 4.78 is 0. The SMILES string of the molecule is [AlH3].[Ce].[Co].[Fe]. The molecule has 0 amide bonds. The van der Waals surface area contributed by atoms with Gasteiger partial charge in [-0.05, 0) is 0 Å². The van der Waals surface area contributed by atoms with Crippen molar-refractivity contribution in [1.29, 1.82) is 0 Å². The molecule has 0 aliphatic rings. The number of rotatable bonds is 0. The van der Waals surface area contributed by atoms with E-state index in [0.29, 0.717) is 0 Å². The summed E-state index contributed by atoms with van der Waals surface area (Å²) in [5, 5.41) is 0. The monoisotopic (exact) mass is 285 g/mol. The summed E-state index contributed by atoms with van der Waals surface area (Å²) in [5.74, 6) is 0. The standard InChI is InChI=1S/Al.Ce.Co.Fe.3H. The van der Waals surface area contributed by atoms with E-state index >= 15 is 0 Å². The minimum Gasteiger partial charge on any atom is 0 e. The largest absolute Gasteiger partial charge is 0.187 e. The van der Waals surface area contributed by atoms with Gasteiger partial charge in [-0.2, -0.15) is 0 Å². The van der Waals surface area contributed by atoms with Gasteiger partial charge >= 0.3 is 0 Å². The quantitative estimate of drug-likeness (QED) is 0.491. The Kier molecular flexibility index (Phi) is 119. The van der Waals surface area contributed by atoms with Crippen LogP contribution in [-0.2, 0) is 33.8 Å². The second-order valence-corrected chi connectivity index (χ2v) is 0. The first-order valence-electron chi connectivity index (χ1n) is 0. The molecule has 0 rings (SSSR count). The molecule has 0 atom stereocenters. The van der Waals surface area contributed by atoms with Gasteiger partial charge in [0.2, 0.25) is 0 Å². The number of hydrogen-bond acceptors (Lipinski definition) is 0. The van der Waals surface area contributed by atoms with Gasteiger partial charge in [-0.3, -0.25) is 0 Å². The summed E-state index contributed by atoms with van der Waals surface area (Å²) in [5.41, 5.74) is 0. The van der Waals surface area contributed by atoms with Gasteiger partial charge < -0.3 is 0 Å². The average Bonchev–Trinajstić information content (AvgIpc) is 0. The minimum atomic E-state index is 0. The first-order chi connectivity index (χ1) is 0. The maximum absolute atomic E-state index is 0. The van der Waals surface area contributed by atoms with E-state index in [2.05, 4.69) is 0 Å². The summed E-state index contributed by atoms with van der Waals surface area (Å²) in [6, 6.07) is 0. The molecule has 0 aliphatic carbocycles. The zero-order valence-corrected chi connectivity index (χ0v) is 6.47. The van der Waals surface area contributed by atoms with Crippen molar-refractivity contribution >= 4 is 17.4 Å². The molecule has 0 spiro atoms. The predicted molar refractivity (Wildman–Crippen MR) is 9.94 cm³/mol. The Labute approximate surface area is 91.0 Å². The van der Waals surface area contributed by atoms with E-state index in [1.807, 2.05) is 0 Å².